The topological polar surface area (TPSA) is 38.5 Å². The highest BCUT2D eigenvalue weighted by Gasteiger charge is 2.32. The first-order valence-corrected chi connectivity index (χ1v) is 7.35. The third-order valence-corrected chi connectivity index (χ3v) is 4.10. The molecule has 0 spiro atoms. The highest BCUT2D eigenvalue weighted by molar-refractivity contribution is 6.35. The molecule has 0 heterocycles. The van der Waals surface area contributed by atoms with E-state index in [1.165, 1.54) is 12.8 Å². The van der Waals surface area contributed by atoms with E-state index in [9.17, 15) is 0 Å². The fourth-order valence-corrected chi connectivity index (χ4v) is 2.73. The monoisotopic (exact) mass is 302 g/mol. The van der Waals surface area contributed by atoms with E-state index in [2.05, 4.69) is 11.9 Å². The molecule has 1 saturated carbocycles. The lowest BCUT2D eigenvalue weighted by atomic mass is 10.1. The second-order valence-electron chi connectivity index (χ2n) is 5.04. The Labute approximate surface area is 124 Å². The normalized spacial score (nSPS) is 16.7. The predicted octanol–water partition coefficient (Wildman–Crippen LogP) is 3.04. The first kappa shape index (κ1) is 14.9. The Bertz CT molecular complexity index is 424. The Balaban J connectivity index is 1.79. The van der Waals surface area contributed by atoms with Crippen LogP contribution in [-0.2, 0) is 0 Å². The van der Waals surface area contributed by atoms with Gasteiger partial charge in [0, 0.05) is 24.2 Å². The number of rotatable bonds is 7. The largest absolute Gasteiger partial charge is 0.491 e. The van der Waals surface area contributed by atoms with Gasteiger partial charge in [-0.15, -0.1) is 0 Å². The van der Waals surface area contributed by atoms with Crippen molar-refractivity contribution in [3.63, 3.8) is 0 Å². The summed E-state index contributed by atoms with van der Waals surface area (Å²) in [6, 6.07) is 5.74. The quantitative estimate of drug-likeness (QED) is 0.841. The van der Waals surface area contributed by atoms with Gasteiger partial charge in [-0.25, -0.2) is 0 Å². The van der Waals surface area contributed by atoms with Gasteiger partial charge < -0.3 is 10.5 Å². The molecule has 19 heavy (non-hydrogen) atoms. The smallest absolute Gasteiger partial charge is 0.138 e. The van der Waals surface area contributed by atoms with E-state index in [1.54, 1.807) is 18.2 Å². The molecule has 3 nitrogen and oxygen atoms in total. The molecule has 0 radical (unpaired) electrons. The molecule has 1 aromatic carbocycles. The molecule has 0 aromatic heterocycles. The third-order valence-electron chi connectivity index (χ3n) is 3.57. The van der Waals surface area contributed by atoms with Crippen molar-refractivity contribution in [1.29, 1.82) is 0 Å². The highest BCUT2D eigenvalue weighted by atomic mass is 35.5. The number of hydrogen-bond donors (Lipinski definition) is 1. The lowest BCUT2D eigenvalue weighted by molar-refractivity contribution is 0.180. The number of hydrogen-bond acceptors (Lipinski definition) is 3. The summed E-state index contributed by atoms with van der Waals surface area (Å²) in [6.07, 6.45) is 2.60. The van der Waals surface area contributed by atoms with Crippen molar-refractivity contribution >= 4 is 23.2 Å². The Morgan fingerprint density at radius 1 is 1.42 bits per heavy atom. The Kier molecular flexibility index (Phi) is 5.34. The fourth-order valence-electron chi connectivity index (χ4n) is 2.27. The average molecular weight is 303 g/mol. The van der Waals surface area contributed by atoms with Gasteiger partial charge in [0.25, 0.3) is 0 Å². The Morgan fingerprint density at radius 3 is 2.74 bits per heavy atom. The number of ether oxygens (including phenoxy) is 1. The number of nitrogens with zero attached hydrogens (tertiary/aromatic N) is 1. The van der Waals surface area contributed by atoms with Crippen LogP contribution in [0.1, 0.15) is 12.8 Å². The van der Waals surface area contributed by atoms with Gasteiger partial charge >= 0.3 is 0 Å². The third kappa shape index (κ3) is 4.25. The molecule has 106 valence electrons. The minimum atomic E-state index is 0.476. The minimum absolute atomic E-state index is 0.476. The van der Waals surface area contributed by atoms with E-state index in [1.807, 2.05) is 0 Å². The van der Waals surface area contributed by atoms with Crippen LogP contribution in [0.5, 0.6) is 5.75 Å². The van der Waals surface area contributed by atoms with Crippen molar-refractivity contribution < 1.29 is 4.74 Å². The molecule has 0 amide bonds. The summed E-state index contributed by atoms with van der Waals surface area (Å²) in [7, 11) is 2.10. The zero-order valence-corrected chi connectivity index (χ0v) is 12.6. The van der Waals surface area contributed by atoms with E-state index in [0.29, 0.717) is 35.0 Å². The van der Waals surface area contributed by atoms with Crippen LogP contribution in [0.4, 0.5) is 0 Å². The zero-order valence-electron chi connectivity index (χ0n) is 11.1. The number of likely N-dealkylation sites (N-methyl/N-ethyl adjacent to an activating group) is 1. The Hall–Kier alpha value is -0.480. The number of benzene rings is 1. The van der Waals surface area contributed by atoms with Crippen LogP contribution in [-0.4, -0.2) is 37.7 Å². The molecule has 1 aromatic rings. The van der Waals surface area contributed by atoms with Crippen LogP contribution < -0.4 is 10.5 Å². The lowest BCUT2D eigenvalue weighted by Gasteiger charge is -2.26. The summed E-state index contributed by atoms with van der Waals surface area (Å²) < 4.78 is 5.68. The standard InChI is InChI=1S/C14H20Cl2N2O/c1-18(13(9-17)10-2-3-10)6-7-19-14-5-4-11(15)8-12(14)16/h4-5,8,10,13H,2-3,6-7,9,17H2,1H3. The van der Waals surface area contributed by atoms with Crippen molar-refractivity contribution in [1.82, 2.24) is 4.90 Å². The van der Waals surface area contributed by atoms with Crippen molar-refractivity contribution in [3.05, 3.63) is 28.2 Å². The first-order chi connectivity index (χ1) is 9.11. The number of halogens is 2. The number of nitrogens with two attached hydrogens (primary N) is 1. The van der Waals surface area contributed by atoms with Crippen LogP contribution in [0.3, 0.4) is 0 Å². The molecule has 0 aliphatic heterocycles. The summed E-state index contributed by atoms with van der Waals surface area (Å²) in [6.45, 7) is 2.15. The second kappa shape index (κ2) is 6.80. The summed E-state index contributed by atoms with van der Waals surface area (Å²) in [5.41, 5.74) is 5.82. The van der Waals surface area contributed by atoms with Crippen LogP contribution in [0.15, 0.2) is 18.2 Å². The van der Waals surface area contributed by atoms with Crippen LogP contribution in [0.2, 0.25) is 10.0 Å². The molecule has 1 fully saturated rings. The molecule has 1 aliphatic rings. The Morgan fingerprint density at radius 2 is 2.16 bits per heavy atom. The molecule has 5 heteroatoms. The van der Waals surface area contributed by atoms with Crippen molar-refractivity contribution in [3.8, 4) is 5.75 Å². The van der Waals surface area contributed by atoms with Crippen LogP contribution in [0, 0.1) is 5.92 Å². The molecular weight excluding hydrogens is 283 g/mol. The second-order valence-corrected chi connectivity index (χ2v) is 5.89. The first-order valence-electron chi connectivity index (χ1n) is 6.60. The summed E-state index contributed by atoms with van der Waals surface area (Å²) in [4.78, 5) is 2.28. The van der Waals surface area contributed by atoms with Crippen molar-refractivity contribution in [2.45, 2.75) is 18.9 Å². The van der Waals surface area contributed by atoms with Gasteiger partial charge in [-0.2, -0.15) is 0 Å². The molecule has 2 N–H and O–H groups in total. The molecule has 2 rings (SSSR count). The zero-order chi connectivity index (χ0) is 13.8. The summed E-state index contributed by atoms with van der Waals surface area (Å²) in [5.74, 6) is 1.45. The SMILES string of the molecule is CN(CCOc1ccc(Cl)cc1Cl)C(CN)C1CC1. The van der Waals surface area contributed by atoms with Crippen LogP contribution >= 0.6 is 23.2 Å². The van der Waals surface area contributed by atoms with E-state index >= 15 is 0 Å². The van der Waals surface area contributed by atoms with Gasteiger partial charge in [0.05, 0.1) is 5.02 Å². The van der Waals surface area contributed by atoms with E-state index in [4.69, 9.17) is 33.7 Å². The highest BCUT2D eigenvalue weighted by Crippen LogP contribution is 2.34. The van der Waals surface area contributed by atoms with Gasteiger partial charge in [-0.3, -0.25) is 4.90 Å². The maximum Gasteiger partial charge on any atom is 0.138 e. The van der Waals surface area contributed by atoms with E-state index in [-0.39, 0.29) is 0 Å². The fraction of sp³-hybridized carbons (Fsp3) is 0.571. The van der Waals surface area contributed by atoms with E-state index in [0.717, 1.165) is 12.5 Å². The van der Waals surface area contributed by atoms with Gasteiger partial charge in [0.15, 0.2) is 0 Å². The summed E-state index contributed by atoms with van der Waals surface area (Å²) in [5, 5.41) is 1.17. The minimum Gasteiger partial charge on any atom is -0.491 e. The molecule has 1 aliphatic carbocycles. The van der Waals surface area contributed by atoms with Gasteiger partial charge in [-0.05, 0) is 44.0 Å². The molecule has 0 bridgehead atoms. The predicted molar refractivity (Wildman–Crippen MR) is 80.2 cm³/mol. The summed E-state index contributed by atoms with van der Waals surface area (Å²) >= 11 is 11.9. The van der Waals surface area contributed by atoms with Gasteiger partial charge in [-0.1, -0.05) is 23.2 Å². The maximum atomic E-state index is 6.05. The van der Waals surface area contributed by atoms with Crippen LogP contribution in [0.25, 0.3) is 0 Å². The molecular formula is C14H20Cl2N2O. The molecule has 1 atom stereocenters. The maximum absolute atomic E-state index is 6.05. The van der Waals surface area contributed by atoms with Gasteiger partial charge in [0.2, 0.25) is 0 Å². The average Bonchev–Trinajstić information content (AvgIpc) is 3.17. The van der Waals surface area contributed by atoms with Crippen molar-refractivity contribution in [2.24, 2.45) is 11.7 Å². The lowest BCUT2D eigenvalue weighted by Crippen LogP contribution is -2.41. The molecule has 0 saturated heterocycles. The van der Waals surface area contributed by atoms with Crippen molar-refractivity contribution in [2.75, 3.05) is 26.7 Å². The van der Waals surface area contributed by atoms with Gasteiger partial charge in [0.1, 0.15) is 12.4 Å². The molecule has 1 unspecified atom stereocenters. The van der Waals surface area contributed by atoms with E-state index < -0.39 is 0 Å².